The van der Waals surface area contributed by atoms with E-state index in [1.54, 1.807) is 0 Å². The molecule has 2 N–H and O–H groups in total. The van der Waals surface area contributed by atoms with Gasteiger partial charge in [-0.2, -0.15) is 4.37 Å². The molecule has 0 amide bonds. The van der Waals surface area contributed by atoms with Crippen LogP contribution in [0.25, 0.3) is 10.1 Å². The van der Waals surface area contributed by atoms with Crippen molar-refractivity contribution in [3.8, 4) is 0 Å². The van der Waals surface area contributed by atoms with Gasteiger partial charge in [0.05, 0.1) is 16.1 Å². The maximum absolute atomic E-state index is 5.90. The van der Waals surface area contributed by atoms with Crippen LogP contribution in [-0.2, 0) is 0 Å². The maximum atomic E-state index is 5.90. The molecule has 0 spiro atoms. The fourth-order valence-electron chi connectivity index (χ4n) is 1.24. The molecule has 2 rings (SSSR count). The van der Waals surface area contributed by atoms with Gasteiger partial charge in [-0.15, -0.1) is 0 Å². The van der Waals surface area contributed by atoms with E-state index in [9.17, 15) is 0 Å². The number of benzene rings is 1. The van der Waals surface area contributed by atoms with Gasteiger partial charge in [-0.25, -0.2) is 0 Å². The highest BCUT2D eigenvalue weighted by atomic mass is 32.1. The summed E-state index contributed by atoms with van der Waals surface area (Å²) in [6.45, 7) is 4.03. The van der Waals surface area contributed by atoms with Gasteiger partial charge >= 0.3 is 0 Å². The highest BCUT2D eigenvalue weighted by molar-refractivity contribution is 7.14. The molecule has 1 heterocycles. The lowest BCUT2D eigenvalue weighted by molar-refractivity contribution is 1.37. The molecular weight excluding hydrogens is 168 g/mol. The first-order chi connectivity index (χ1) is 5.70. The van der Waals surface area contributed by atoms with Crippen molar-refractivity contribution in [2.45, 2.75) is 13.8 Å². The first-order valence-corrected chi connectivity index (χ1v) is 4.58. The molecular formula is C9H10N2S. The molecule has 0 radical (unpaired) electrons. The zero-order valence-electron chi connectivity index (χ0n) is 7.09. The average molecular weight is 178 g/mol. The topological polar surface area (TPSA) is 38.9 Å². The normalized spacial score (nSPS) is 10.8. The smallest absolute Gasteiger partial charge is 0.0784 e. The van der Waals surface area contributed by atoms with E-state index >= 15 is 0 Å². The highest BCUT2D eigenvalue weighted by Gasteiger charge is 2.05. The summed E-state index contributed by atoms with van der Waals surface area (Å²) in [5.74, 6) is 0. The molecule has 62 valence electrons. The molecule has 0 unspecified atom stereocenters. The SMILES string of the molecule is Cc1ccc2c(C)nsc2c1N. The van der Waals surface area contributed by atoms with Crippen LogP contribution in [0.5, 0.6) is 0 Å². The third-order valence-corrected chi connectivity index (χ3v) is 3.07. The highest BCUT2D eigenvalue weighted by Crippen LogP contribution is 2.29. The van der Waals surface area contributed by atoms with E-state index in [1.807, 2.05) is 19.9 Å². The van der Waals surface area contributed by atoms with Crippen molar-refractivity contribution in [3.63, 3.8) is 0 Å². The van der Waals surface area contributed by atoms with Gasteiger partial charge < -0.3 is 5.73 Å². The average Bonchev–Trinajstić information content (AvgIpc) is 2.41. The minimum atomic E-state index is 0.873. The molecule has 0 aliphatic carbocycles. The molecule has 0 saturated heterocycles. The van der Waals surface area contributed by atoms with E-state index in [1.165, 1.54) is 16.9 Å². The summed E-state index contributed by atoms with van der Waals surface area (Å²) in [7, 11) is 0. The van der Waals surface area contributed by atoms with Crippen molar-refractivity contribution in [3.05, 3.63) is 23.4 Å². The van der Waals surface area contributed by atoms with Crippen molar-refractivity contribution in [1.82, 2.24) is 4.37 Å². The standard InChI is InChI=1S/C9H10N2S/c1-5-3-4-7-6(2)11-12-9(7)8(5)10/h3-4H,10H2,1-2H3. The van der Waals surface area contributed by atoms with E-state index < -0.39 is 0 Å². The van der Waals surface area contributed by atoms with E-state index in [-0.39, 0.29) is 0 Å². The number of hydrogen-bond donors (Lipinski definition) is 1. The first kappa shape index (κ1) is 7.55. The lowest BCUT2D eigenvalue weighted by Crippen LogP contribution is -1.88. The zero-order chi connectivity index (χ0) is 8.72. The van der Waals surface area contributed by atoms with Gasteiger partial charge in [0.1, 0.15) is 0 Å². The van der Waals surface area contributed by atoms with Crippen LogP contribution in [0.15, 0.2) is 12.1 Å². The van der Waals surface area contributed by atoms with Gasteiger partial charge in [-0.05, 0) is 30.9 Å². The largest absolute Gasteiger partial charge is 0.397 e. The number of fused-ring (bicyclic) bond motifs is 1. The van der Waals surface area contributed by atoms with Crippen molar-refractivity contribution >= 4 is 27.3 Å². The van der Waals surface area contributed by atoms with Crippen LogP contribution >= 0.6 is 11.5 Å². The summed E-state index contributed by atoms with van der Waals surface area (Å²) in [6, 6.07) is 4.12. The van der Waals surface area contributed by atoms with Crippen LogP contribution in [0.1, 0.15) is 11.3 Å². The van der Waals surface area contributed by atoms with Crippen LogP contribution < -0.4 is 5.73 Å². The number of nitrogens with zero attached hydrogens (tertiary/aromatic N) is 1. The van der Waals surface area contributed by atoms with E-state index in [0.717, 1.165) is 21.6 Å². The second kappa shape index (κ2) is 2.45. The fraction of sp³-hybridized carbons (Fsp3) is 0.222. The minimum absolute atomic E-state index is 0.873. The predicted molar refractivity (Wildman–Crippen MR) is 53.5 cm³/mol. The minimum Gasteiger partial charge on any atom is -0.397 e. The molecule has 3 heteroatoms. The van der Waals surface area contributed by atoms with Crippen LogP contribution in [0.4, 0.5) is 5.69 Å². The Morgan fingerprint density at radius 1 is 1.33 bits per heavy atom. The molecule has 12 heavy (non-hydrogen) atoms. The molecule has 0 aliphatic rings. The van der Waals surface area contributed by atoms with Gasteiger partial charge in [0, 0.05) is 5.39 Å². The lowest BCUT2D eigenvalue weighted by Gasteiger charge is -1.99. The quantitative estimate of drug-likeness (QED) is 0.629. The third kappa shape index (κ3) is 0.898. The lowest BCUT2D eigenvalue weighted by atomic mass is 10.1. The zero-order valence-corrected chi connectivity index (χ0v) is 7.90. The van der Waals surface area contributed by atoms with Crippen LogP contribution in [0.2, 0.25) is 0 Å². The van der Waals surface area contributed by atoms with E-state index in [4.69, 9.17) is 5.73 Å². The van der Waals surface area contributed by atoms with Crippen molar-refractivity contribution in [2.75, 3.05) is 5.73 Å². The van der Waals surface area contributed by atoms with Crippen molar-refractivity contribution in [1.29, 1.82) is 0 Å². The van der Waals surface area contributed by atoms with Crippen LogP contribution in [-0.4, -0.2) is 4.37 Å². The van der Waals surface area contributed by atoms with E-state index in [2.05, 4.69) is 10.4 Å². The van der Waals surface area contributed by atoms with Gasteiger partial charge in [0.2, 0.25) is 0 Å². The molecule has 1 aromatic heterocycles. The molecule has 0 saturated carbocycles. The van der Waals surface area contributed by atoms with Gasteiger partial charge in [-0.3, -0.25) is 0 Å². The van der Waals surface area contributed by atoms with Crippen molar-refractivity contribution in [2.24, 2.45) is 0 Å². The second-order valence-electron chi connectivity index (χ2n) is 2.94. The summed E-state index contributed by atoms with van der Waals surface area (Å²) in [5, 5.41) is 1.18. The Labute approximate surface area is 75.2 Å². The van der Waals surface area contributed by atoms with Gasteiger partial charge in [-0.1, -0.05) is 12.1 Å². The number of rotatable bonds is 0. The molecule has 1 aromatic carbocycles. The summed E-state index contributed by atoms with van der Waals surface area (Å²) < 4.78 is 5.38. The summed E-state index contributed by atoms with van der Waals surface area (Å²) in [5.41, 5.74) is 8.98. The number of nitrogen functional groups attached to an aromatic ring is 1. The molecule has 2 aromatic rings. The number of hydrogen-bond acceptors (Lipinski definition) is 3. The summed E-state index contributed by atoms with van der Waals surface area (Å²) in [6.07, 6.45) is 0. The van der Waals surface area contributed by atoms with Gasteiger partial charge in [0.15, 0.2) is 0 Å². The number of anilines is 1. The Bertz CT molecular complexity index is 431. The molecule has 0 aliphatic heterocycles. The first-order valence-electron chi connectivity index (χ1n) is 3.81. The second-order valence-corrected chi connectivity index (χ2v) is 3.71. The Morgan fingerprint density at radius 3 is 2.83 bits per heavy atom. The van der Waals surface area contributed by atoms with E-state index in [0.29, 0.717) is 0 Å². The Hall–Kier alpha value is -1.09. The summed E-state index contributed by atoms with van der Waals surface area (Å²) >= 11 is 1.48. The Balaban J connectivity index is 2.93. The van der Waals surface area contributed by atoms with Crippen LogP contribution in [0.3, 0.4) is 0 Å². The summed E-state index contributed by atoms with van der Waals surface area (Å²) in [4.78, 5) is 0. The molecule has 2 nitrogen and oxygen atoms in total. The van der Waals surface area contributed by atoms with Crippen molar-refractivity contribution < 1.29 is 0 Å². The van der Waals surface area contributed by atoms with Crippen LogP contribution in [0, 0.1) is 13.8 Å². The predicted octanol–water partition coefficient (Wildman–Crippen LogP) is 2.50. The molecule has 0 atom stereocenters. The fourth-order valence-corrected chi connectivity index (χ4v) is 2.14. The maximum Gasteiger partial charge on any atom is 0.0784 e. The Morgan fingerprint density at radius 2 is 2.08 bits per heavy atom. The molecule has 0 fully saturated rings. The molecule has 0 bridgehead atoms. The van der Waals surface area contributed by atoms with Gasteiger partial charge in [0.25, 0.3) is 0 Å². The number of aryl methyl sites for hydroxylation is 2. The Kier molecular flexibility index (Phi) is 1.54. The number of nitrogens with two attached hydrogens (primary N) is 1. The monoisotopic (exact) mass is 178 g/mol. The third-order valence-electron chi connectivity index (χ3n) is 2.08. The number of aromatic nitrogens is 1.